The van der Waals surface area contributed by atoms with Crippen LogP contribution < -0.4 is 10.1 Å². The summed E-state index contributed by atoms with van der Waals surface area (Å²) in [5, 5.41) is 3.34. The number of nitrogens with zero attached hydrogens (tertiary/aromatic N) is 1. The predicted octanol–water partition coefficient (Wildman–Crippen LogP) is 2.72. The van der Waals surface area contributed by atoms with Crippen LogP contribution in [-0.4, -0.2) is 43.1 Å². The fraction of sp³-hybridized carbons (Fsp3) is 0.562. The quantitative estimate of drug-likeness (QED) is 0.850. The molecule has 1 aliphatic heterocycles. The Hall–Kier alpha value is -1.26. The van der Waals surface area contributed by atoms with Crippen LogP contribution in [0.25, 0.3) is 0 Å². The second-order valence-electron chi connectivity index (χ2n) is 5.33. The highest BCUT2D eigenvalue weighted by atomic mass is 35.5. The zero-order valence-corrected chi connectivity index (χ0v) is 13.6. The number of nitrogens with one attached hydrogen (secondary N) is 1. The number of amides is 1. The average molecular weight is 313 g/mol. The third-order valence-corrected chi connectivity index (χ3v) is 3.52. The van der Waals surface area contributed by atoms with E-state index in [2.05, 4.69) is 19.2 Å². The van der Waals surface area contributed by atoms with Gasteiger partial charge in [-0.25, -0.2) is 0 Å². The van der Waals surface area contributed by atoms with E-state index in [4.69, 9.17) is 4.74 Å². The predicted molar refractivity (Wildman–Crippen MR) is 87.5 cm³/mol. The topological polar surface area (TPSA) is 41.6 Å². The first kappa shape index (κ1) is 17.8. The number of carbonyl (C=O) groups is 1. The summed E-state index contributed by atoms with van der Waals surface area (Å²) >= 11 is 0. The van der Waals surface area contributed by atoms with E-state index >= 15 is 0 Å². The molecular weight excluding hydrogens is 288 g/mol. The van der Waals surface area contributed by atoms with Gasteiger partial charge in [0.1, 0.15) is 5.75 Å². The molecule has 0 bridgehead atoms. The first-order chi connectivity index (χ1) is 9.70. The Bertz CT molecular complexity index is 436. The zero-order chi connectivity index (χ0) is 14.4. The van der Waals surface area contributed by atoms with Gasteiger partial charge in [-0.2, -0.15) is 0 Å². The van der Waals surface area contributed by atoms with E-state index in [-0.39, 0.29) is 18.3 Å². The van der Waals surface area contributed by atoms with Crippen LogP contribution >= 0.6 is 12.4 Å². The summed E-state index contributed by atoms with van der Waals surface area (Å²) in [5.74, 6) is 0.946. The Morgan fingerprint density at radius 1 is 1.38 bits per heavy atom. The molecule has 0 radical (unpaired) electrons. The third-order valence-electron chi connectivity index (χ3n) is 3.52. The molecule has 0 saturated carbocycles. The number of ether oxygens (including phenoxy) is 1. The van der Waals surface area contributed by atoms with Crippen LogP contribution in [0.2, 0.25) is 0 Å². The molecule has 1 aromatic rings. The van der Waals surface area contributed by atoms with Gasteiger partial charge in [-0.15, -0.1) is 12.4 Å². The molecule has 4 nitrogen and oxygen atoms in total. The van der Waals surface area contributed by atoms with Gasteiger partial charge in [-0.3, -0.25) is 4.79 Å². The van der Waals surface area contributed by atoms with Crippen molar-refractivity contribution in [2.75, 3.05) is 26.2 Å². The van der Waals surface area contributed by atoms with Crippen molar-refractivity contribution >= 4 is 18.3 Å². The SMILES string of the molecule is CCCCOc1ccc(C(=O)N2CCNC(C)C2)cc1.Cl. The summed E-state index contributed by atoms with van der Waals surface area (Å²) in [5.41, 5.74) is 0.738. The fourth-order valence-corrected chi connectivity index (χ4v) is 2.33. The highest BCUT2D eigenvalue weighted by molar-refractivity contribution is 5.94. The first-order valence-electron chi connectivity index (χ1n) is 7.46. The van der Waals surface area contributed by atoms with Crippen molar-refractivity contribution < 1.29 is 9.53 Å². The molecule has 1 N–H and O–H groups in total. The maximum Gasteiger partial charge on any atom is 0.253 e. The van der Waals surface area contributed by atoms with E-state index in [0.29, 0.717) is 6.04 Å². The zero-order valence-electron chi connectivity index (χ0n) is 12.8. The van der Waals surface area contributed by atoms with Gasteiger partial charge in [0, 0.05) is 31.2 Å². The van der Waals surface area contributed by atoms with Gasteiger partial charge in [-0.05, 0) is 37.6 Å². The minimum atomic E-state index is 0. The van der Waals surface area contributed by atoms with Crippen molar-refractivity contribution in [2.45, 2.75) is 32.7 Å². The summed E-state index contributed by atoms with van der Waals surface area (Å²) in [6, 6.07) is 7.85. The summed E-state index contributed by atoms with van der Waals surface area (Å²) in [6.45, 7) is 7.39. The average Bonchev–Trinajstić information content (AvgIpc) is 2.47. The number of carbonyl (C=O) groups excluding carboxylic acids is 1. The number of benzene rings is 1. The van der Waals surface area contributed by atoms with Crippen LogP contribution in [0.15, 0.2) is 24.3 Å². The van der Waals surface area contributed by atoms with E-state index in [9.17, 15) is 4.79 Å². The molecule has 0 spiro atoms. The standard InChI is InChI=1S/C16H24N2O2.ClH/c1-3-4-11-20-15-7-5-14(6-8-15)16(19)18-10-9-17-13(2)12-18;/h5-8,13,17H,3-4,9-12H2,1-2H3;1H. The smallest absolute Gasteiger partial charge is 0.253 e. The number of hydrogen-bond acceptors (Lipinski definition) is 3. The second kappa shape index (κ2) is 8.90. The van der Waals surface area contributed by atoms with E-state index in [1.54, 1.807) is 0 Å². The summed E-state index contributed by atoms with van der Waals surface area (Å²) in [4.78, 5) is 14.3. The molecule has 1 aliphatic rings. The Balaban J connectivity index is 0.00000220. The Labute approximate surface area is 133 Å². The maximum atomic E-state index is 12.4. The van der Waals surface area contributed by atoms with Crippen LogP contribution in [0.3, 0.4) is 0 Å². The first-order valence-corrected chi connectivity index (χ1v) is 7.46. The Morgan fingerprint density at radius 3 is 2.71 bits per heavy atom. The Kier molecular flexibility index (Phi) is 7.54. The van der Waals surface area contributed by atoms with Crippen LogP contribution in [0.1, 0.15) is 37.0 Å². The summed E-state index contributed by atoms with van der Waals surface area (Å²) in [7, 11) is 0. The molecule has 1 heterocycles. The van der Waals surface area contributed by atoms with E-state index in [0.717, 1.165) is 50.4 Å². The van der Waals surface area contributed by atoms with Gasteiger partial charge < -0.3 is 15.0 Å². The molecule has 1 saturated heterocycles. The lowest BCUT2D eigenvalue weighted by molar-refractivity contribution is 0.0709. The van der Waals surface area contributed by atoms with Crippen molar-refractivity contribution in [3.05, 3.63) is 29.8 Å². The minimum Gasteiger partial charge on any atom is -0.494 e. The number of piperazine rings is 1. The highest BCUT2D eigenvalue weighted by Crippen LogP contribution is 2.15. The number of hydrogen-bond donors (Lipinski definition) is 1. The van der Waals surface area contributed by atoms with Gasteiger partial charge in [0.15, 0.2) is 0 Å². The van der Waals surface area contributed by atoms with Crippen molar-refractivity contribution in [3.63, 3.8) is 0 Å². The maximum absolute atomic E-state index is 12.4. The van der Waals surface area contributed by atoms with Crippen molar-refractivity contribution in [2.24, 2.45) is 0 Å². The van der Waals surface area contributed by atoms with Gasteiger partial charge in [-0.1, -0.05) is 13.3 Å². The molecular formula is C16H25ClN2O2. The molecule has 0 aliphatic carbocycles. The third kappa shape index (κ3) is 5.21. The van der Waals surface area contributed by atoms with Crippen molar-refractivity contribution in [3.8, 4) is 5.75 Å². The van der Waals surface area contributed by atoms with Gasteiger partial charge in [0.2, 0.25) is 0 Å². The molecule has 1 unspecified atom stereocenters. The minimum absolute atomic E-state index is 0. The molecule has 1 amide bonds. The van der Waals surface area contributed by atoms with Crippen molar-refractivity contribution in [1.82, 2.24) is 10.2 Å². The number of unbranched alkanes of at least 4 members (excludes halogenated alkanes) is 1. The van der Waals surface area contributed by atoms with Crippen molar-refractivity contribution in [1.29, 1.82) is 0 Å². The van der Waals surface area contributed by atoms with E-state index < -0.39 is 0 Å². The monoisotopic (exact) mass is 312 g/mol. The molecule has 1 fully saturated rings. The lowest BCUT2D eigenvalue weighted by Gasteiger charge is -2.32. The second-order valence-corrected chi connectivity index (χ2v) is 5.33. The van der Waals surface area contributed by atoms with Gasteiger partial charge >= 0.3 is 0 Å². The largest absolute Gasteiger partial charge is 0.494 e. The molecule has 1 aromatic carbocycles. The molecule has 5 heteroatoms. The highest BCUT2D eigenvalue weighted by Gasteiger charge is 2.21. The Morgan fingerprint density at radius 2 is 2.10 bits per heavy atom. The molecule has 1 atom stereocenters. The van der Waals surface area contributed by atoms with Crippen LogP contribution in [0.5, 0.6) is 5.75 Å². The van der Waals surface area contributed by atoms with E-state index in [1.165, 1.54) is 0 Å². The normalized spacial score (nSPS) is 18.0. The molecule has 2 rings (SSSR count). The summed E-state index contributed by atoms with van der Waals surface area (Å²) < 4.78 is 5.61. The van der Waals surface area contributed by atoms with E-state index in [1.807, 2.05) is 29.2 Å². The van der Waals surface area contributed by atoms with Gasteiger partial charge in [0.25, 0.3) is 5.91 Å². The molecule has 0 aromatic heterocycles. The number of halogens is 1. The summed E-state index contributed by atoms with van der Waals surface area (Å²) in [6.07, 6.45) is 2.18. The molecule has 21 heavy (non-hydrogen) atoms. The van der Waals surface area contributed by atoms with Crippen LogP contribution in [-0.2, 0) is 0 Å². The van der Waals surface area contributed by atoms with Crippen LogP contribution in [0.4, 0.5) is 0 Å². The lowest BCUT2D eigenvalue weighted by atomic mass is 10.1. The fourth-order valence-electron chi connectivity index (χ4n) is 2.33. The number of rotatable bonds is 5. The molecule has 118 valence electrons. The lowest BCUT2D eigenvalue weighted by Crippen LogP contribution is -2.51. The van der Waals surface area contributed by atoms with Crippen LogP contribution in [0, 0.1) is 0 Å². The van der Waals surface area contributed by atoms with Gasteiger partial charge in [0.05, 0.1) is 6.61 Å².